The van der Waals surface area contributed by atoms with Gasteiger partial charge in [-0.05, 0) is 31.5 Å². The van der Waals surface area contributed by atoms with E-state index in [1.54, 1.807) is 16.7 Å². The van der Waals surface area contributed by atoms with Crippen molar-refractivity contribution in [2.24, 2.45) is 5.73 Å². The van der Waals surface area contributed by atoms with Gasteiger partial charge in [-0.25, -0.2) is 4.98 Å². The molecule has 20 heavy (non-hydrogen) atoms. The summed E-state index contributed by atoms with van der Waals surface area (Å²) in [4.78, 5) is 18.8. The third kappa shape index (κ3) is 3.17. The molecule has 3 rings (SSSR count). The first-order valence-corrected chi connectivity index (χ1v) is 6.67. The van der Waals surface area contributed by atoms with Gasteiger partial charge < -0.3 is 5.73 Å². The third-order valence-electron chi connectivity index (χ3n) is 3.55. The van der Waals surface area contributed by atoms with E-state index in [2.05, 4.69) is 9.88 Å². The van der Waals surface area contributed by atoms with Crippen molar-refractivity contribution >= 4 is 18.1 Å². The Labute approximate surface area is 123 Å². The fourth-order valence-electron chi connectivity index (χ4n) is 2.65. The maximum absolute atomic E-state index is 12.0. The molecule has 0 aromatic carbocycles. The molecule has 3 heterocycles. The van der Waals surface area contributed by atoms with Gasteiger partial charge in [0.1, 0.15) is 5.65 Å². The molecule has 0 bridgehead atoms. The van der Waals surface area contributed by atoms with Crippen molar-refractivity contribution in [3.05, 3.63) is 46.5 Å². The first-order chi connectivity index (χ1) is 9.22. The highest BCUT2D eigenvalue weighted by Crippen LogP contribution is 2.11. The number of hydrogen-bond donors (Lipinski definition) is 1. The molecule has 1 aliphatic heterocycles. The SMILES string of the molecule is Cl.NC1CCCN(Cc2cc(=O)n3ccccc3n2)C1. The molecular weight excluding hydrogens is 276 g/mol. The fraction of sp³-hybridized carbons (Fsp3) is 0.429. The lowest BCUT2D eigenvalue weighted by Crippen LogP contribution is -2.42. The standard InChI is InChI=1S/C14H18N4O.ClH/c15-11-4-3-6-17(9-11)10-12-8-14(19)18-7-2-1-5-13(18)16-12;/h1-2,5,7-8,11H,3-4,6,9-10,15H2;1H. The molecule has 0 spiro atoms. The molecule has 1 atom stereocenters. The zero-order chi connectivity index (χ0) is 13.2. The monoisotopic (exact) mass is 294 g/mol. The highest BCUT2D eigenvalue weighted by Gasteiger charge is 2.17. The minimum atomic E-state index is -0.0260. The summed E-state index contributed by atoms with van der Waals surface area (Å²) >= 11 is 0. The van der Waals surface area contributed by atoms with Crippen molar-refractivity contribution < 1.29 is 0 Å². The van der Waals surface area contributed by atoms with Gasteiger partial charge >= 0.3 is 0 Å². The number of halogens is 1. The summed E-state index contributed by atoms with van der Waals surface area (Å²) < 4.78 is 1.56. The average Bonchev–Trinajstić information content (AvgIpc) is 2.39. The smallest absolute Gasteiger partial charge is 0.258 e. The van der Waals surface area contributed by atoms with E-state index in [4.69, 9.17) is 5.73 Å². The van der Waals surface area contributed by atoms with E-state index in [0.717, 1.165) is 31.6 Å². The highest BCUT2D eigenvalue weighted by molar-refractivity contribution is 5.85. The van der Waals surface area contributed by atoms with Crippen molar-refractivity contribution in [2.45, 2.75) is 25.4 Å². The molecule has 0 aliphatic carbocycles. The Kier molecular flexibility index (Phi) is 4.75. The van der Waals surface area contributed by atoms with Gasteiger partial charge in [-0.1, -0.05) is 6.07 Å². The van der Waals surface area contributed by atoms with E-state index in [1.807, 2.05) is 18.2 Å². The van der Waals surface area contributed by atoms with Crippen LogP contribution in [0.1, 0.15) is 18.5 Å². The van der Waals surface area contributed by atoms with Crippen molar-refractivity contribution in [1.82, 2.24) is 14.3 Å². The predicted molar refractivity (Wildman–Crippen MR) is 81.2 cm³/mol. The summed E-state index contributed by atoms with van der Waals surface area (Å²) in [5, 5.41) is 0. The van der Waals surface area contributed by atoms with Crippen LogP contribution >= 0.6 is 12.4 Å². The minimum absolute atomic E-state index is 0. The lowest BCUT2D eigenvalue weighted by Gasteiger charge is -2.30. The fourth-order valence-corrected chi connectivity index (χ4v) is 2.65. The van der Waals surface area contributed by atoms with E-state index < -0.39 is 0 Å². The topological polar surface area (TPSA) is 63.6 Å². The van der Waals surface area contributed by atoms with Crippen LogP contribution in [0.2, 0.25) is 0 Å². The van der Waals surface area contributed by atoms with Gasteiger partial charge in [-0.2, -0.15) is 0 Å². The summed E-state index contributed by atoms with van der Waals surface area (Å²) in [5.41, 5.74) is 7.47. The van der Waals surface area contributed by atoms with Gasteiger partial charge in [0.05, 0.1) is 5.69 Å². The number of piperidine rings is 1. The van der Waals surface area contributed by atoms with Crippen molar-refractivity contribution in [1.29, 1.82) is 0 Å². The highest BCUT2D eigenvalue weighted by atomic mass is 35.5. The molecule has 0 saturated carbocycles. The molecule has 2 aromatic heterocycles. The van der Waals surface area contributed by atoms with Gasteiger partial charge in [-0.15, -0.1) is 12.4 Å². The van der Waals surface area contributed by atoms with Crippen molar-refractivity contribution in [3.63, 3.8) is 0 Å². The number of fused-ring (bicyclic) bond motifs is 1. The van der Waals surface area contributed by atoms with Crippen LogP contribution in [-0.4, -0.2) is 33.4 Å². The molecule has 108 valence electrons. The molecule has 1 saturated heterocycles. The van der Waals surface area contributed by atoms with E-state index in [0.29, 0.717) is 12.2 Å². The average molecular weight is 295 g/mol. The lowest BCUT2D eigenvalue weighted by atomic mass is 10.1. The Hall–Kier alpha value is -1.43. The molecular formula is C14H19ClN4O. The first kappa shape index (κ1) is 15.0. The van der Waals surface area contributed by atoms with Crippen LogP contribution in [0, 0.1) is 0 Å². The quantitative estimate of drug-likeness (QED) is 0.899. The normalized spacial score (nSPS) is 19.8. The van der Waals surface area contributed by atoms with Gasteiger partial charge in [-0.3, -0.25) is 14.1 Å². The van der Waals surface area contributed by atoms with Crippen LogP contribution in [0.25, 0.3) is 5.65 Å². The Morgan fingerprint density at radius 1 is 1.40 bits per heavy atom. The Morgan fingerprint density at radius 3 is 3.05 bits per heavy atom. The minimum Gasteiger partial charge on any atom is -0.327 e. The molecule has 1 fully saturated rings. The molecule has 5 nitrogen and oxygen atoms in total. The van der Waals surface area contributed by atoms with Gasteiger partial charge in [0, 0.05) is 31.4 Å². The van der Waals surface area contributed by atoms with Crippen molar-refractivity contribution in [3.8, 4) is 0 Å². The molecule has 0 radical (unpaired) electrons. The maximum atomic E-state index is 12.0. The summed E-state index contributed by atoms with van der Waals surface area (Å²) in [6, 6.07) is 7.44. The number of nitrogens with zero attached hydrogens (tertiary/aromatic N) is 3. The summed E-state index contributed by atoms with van der Waals surface area (Å²) in [5.74, 6) is 0. The Morgan fingerprint density at radius 2 is 2.25 bits per heavy atom. The van der Waals surface area contributed by atoms with Crippen LogP contribution in [0.4, 0.5) is 0 Å². The second kappa shape index (κ2) is 6.35. The largest absolute Gasteiger partial charge is 0.327 e. The Balaban J connectivity index is 0.00000147. The first-order valence-electron chi connectivity index (χ1n) is 6.67. The zero-order valence-electron chi connectivity index (χ0n) is 11.2. The number of hydrogen-bond acceptors (Lipinski definition) is 4. The molecule has 6 heteroatoms. The van der Waals surface area contributed by atoms with Crippen LogP contribution in [0.15, 0.2) is 35.3 Å². The van der Waals surface area contributed by atoms with E-state index in [-0.39, 0.29) is 24.0 Å². The van der Waals surface area contributed by atoms with Crippen LogP contribution in [0.3, 0.4) is 0 Å². The second-order valence-corrected chi connectivity index (χ2v) is 5.15. The van der Waals surface area contributed by atoms with Crippen LogP contribution in [0.5, 0.6) is 0 Å². The number of aromatic nitrogens is 2. The van der Waals surface area contributed by atoms with E-state index in [9.17, 15) is 4.79 Å². The second-order valence-electron chi connectivity index (χ2n) is 5.15. The van der Waals surface area contributed by atoms with Crippen LogP contribution < -0.4 is 11.3 Å². The molecule has 1 unspecified atom stereocenters. The van der Waals surface area contributed by atoms with E-state index >= 15 is 0 Å². The van der Waals surface area contributed by atoms with Gasteiger partial charge in [0.25, 0.3) is 5.56 Å². The number of nitrogens with two attached hydrogens (primary N) is 1. The van der Waals surface area contributed by atoms with Crippen LogP contribution in [-0.2, 0) is 6.54 Å². The number of pyridine rings is 1. The molecule has 1 aliphatic rings. The number of rotatable bonds is 2. The Bertz CT molecular complexity index is 642. The van der Waals surface area contributed by atoms with Gasteiger partial charge in [0.15, 0.2) is 0 Å². The van der Waals surface area contributed by atoms with E-state index in [1.165, 1.54) is 0 Å². The van der Waals surface area contributed by atoms with Crippen molar-refractivity contribution in [2.75, 3.05) is 13.1 Å². The summed E-state index contributed by atoms with van der Waals surface area (Å²) in [7, 11) is 0. The molecule has 2 N–H and O–H groups in total. The predicted octanol–water partition coefficient (Wildman–Crippen LogP) is 1.04. The zero-order valence-corrected chi connectivity index (χ0v) is 12.1. The third-order valence-corrected chi connectivity index (χ3v) is 3.55. The summed E-state index contributed by atoms with van der Waals surface area (Å²) in [6.45, 7) is 2.62. The van der Waals surface area contributed by atoms with Gasteiger partial charge in [0.2, 0.25) is 0 Å². The molecule has 2 aromatic rings. The summed E-state index contributed by atoms with van der Waals surface area (Å²) in [6.07, 6.45) is 3.95. The maximum Gasteiger partial charge on any atom is 0.258 e. The lowest BCUT2D eigenvalue weighted by molar-refractivity contribution is 0.199. The molecule has 0 amide bonds. The number of likely N-dealkylation sites (tertiary alicyclic amines) is 1.